The maximum absolute atomic E-state index is 13.6. The average Bonchev–Trinajstić information content (AvgIpc) is 2.93. The van der Waals surface area contributed by atoms with Gasteiger partial charge in [-0.15, -0.1) is 15.3 Å². The topological polar surface area (TPSA) is 55.1 Å². The zero-order valence-electron chi connectivity index (χ0n) is 12.8. The number of hydrogen-bond donors (Lipinski definition) is 1. The van der Waals surface area contributed by atoms with Crippen molar-refractivity contribution in [2.75, 3.05) is 5.32 Å². The van der Waals surface area contributed by atoms with Gasteiger partial charge in [0.2, 0.25) is 0 Å². The number of alkyl halides is 3. The molecule has 1 unspecified atom stereocenters. The van der Waals surface area contributed by atoms with Crippen LogP contribution < -0.4 is 5.32 Å². The highest BCUT2D eigenvalue weighted by atomic mass is 19.4. The molecule has 0 fully saturated rings. The Kier molecular flexibility index (Phi) is 3.86. The second kappa shape index (κ2) is 5.73. The molecule has 3 rings (SSSR count). The number of rotatable bonds is 3. The van der Waals surface area contributed by atoms with Crippen LogP contribution in [0.25, 0.3) is 5.65 Å². The Morgan fingerprint density at radius 2 is 1.88 bits per heavy atom. The lowest BCUT2D eigenvalue weighted by Gasteiger charge is -2.15. The molecule has 1 atom stereocenters. The minimum absolute atomic E-state index is 0.0121. The molecule has 0 saturated heterocycles. The Labute approximate surface area is 134 Å². The van der Waals surface area contributed by atoms with Crippen LogP contribution in [0.15, 0.2) is 30.3 Å². The van der Waals surface area contributed by atoms with Crippen LogP contribution in [0.4, 0.5) is 23.4 Å². The summed E-state index contributed by atoms with van der Waals surface area (Å²) in [5.74, 6) is -1.35. The van der Waals surface area contributed by atoms with Gasteiger partial charge in [-0.1, -0.05) is 12.1 Å². The quantitative estimate of drug-likeness (QED) is 0.738. The second-order valence-electron chi connectivity index (χ2n) is 5.38. The van der Waals surface area contributed by atoms with Crippen LogP contribution in [0.3, 0.4) is 0 Å². The van der Waals surface area contributed by atoms with Crippen LogP contribution in [0.5, 0.6) is 0 Å². The SMILES string of the molecule is Cc1ccc(C(C)Nc2ccc3nnc(C(F)(F)F)n3n2)cc1F. The van der Waals surface area contributed by atoms with Crippen LogP contribution in [-0.4, -0.2) is 19.8 Å². The number of halogens is 4. The van der Waals surface area contributed by atoms with Crippen molar-refractivity contribution in [3.8, 4) is 0 Å². The normalized spacial score (nSPS) is 13.2. The van der Waals surface area contributed by atoms with Crippen LogP contribution in [0, 0.1) is 12.7 Å². The summed E-state index contributed by atoms with van der Waals surface area (Å²) < 4.78 is 52.9. The minimum atomic E-state index is -4.66. The first-order valence-corrected chi connectivity index (χ1v) is 7.08. The molecule has 1 aromatic carbocycles. The number of hydrogen-bond acceptors (Lipinski definition) is 4. The van der Waals surface area contributed by atoms with Crippen molar-refractivity contribution in [1.82, 2.24) is 19.8 Å². The third-order valence-corrected chi connectivity index (χ3v) is 3.58. The van der Waals surface area contributed by atoms with E-state index in [-0.39, 0.29) is 23.3 Å². The number of nitrogens with zero attached hydrogens (tertiary/aromatic N) is 4. The maximum atomic E-state index is 13.6. The van der Waals surface area contributed by atoms with Gasteiger partial charge in [-0.2, -0.15) is 17.7 Å². The number of fused-ring (bicyclic) bond motifs is 1. The number of aryl methyl sites for hydroxylation is 1. The summed E-state index contributed by atoms with van der Waals surface area (Å²) in [6, 6.07) is 7.28. The standard InChI is InChI=1S/C15H13F4N5/c1-8-3-4-10(7-11(8)16)9(2)20-12-5-6-13-21-22-14(15(17,18)19)24(13)23-12/h3-7,9H,1-2H3,(H,20,23). The predicted molar refractivity (Wildman–Crippen MR) is 79.0 cm³/mol. The molecule has 126 valence electrons. The molecular weight excluding hydrogens is 326 g/mol. The number of benzene rings is 1. The van der Waals surface area contributed by atoms with E-state index in [1.54, 1.807) is 26.0 Å². The average molecular weight is 339 g/mol. The summed E-state index contributed by atoms with van der Waals surface area (Å²) >= 11 is 0. The highest BCUT2D eigenvalue weighted by Gasteiger charge is 2.37. The Morgan fingerprint density at radius 3 is 2.54 bits per heavy atom. The van der Waals surface area contributed by atoms with Crippen molar-refractivity contribution in [3.63, 3.8) is 0 Å². The van der Waals surface area contributed by atoms with Gasteiger partial charge < -0.3 is 5.32 Å². The summed E-state index contributed by atoms with van der Waals surface area (Å²) in [4.78, 5) is 0. The van der Waals surface area contributed by atoms with E-state index in [1.165, 1.54) is 18.2 Å². The first kappa shape index (κ1) is 16.2. The van der Waals surface area contributed by atoms with Gasteiger partial charge in [-0.05, 0) is 43.2 Å². The van der Waals surface area contributed by atoms with Gasteiger partial charge in [0.15, 0.2) is 5.65 Å². The summed E-state index contributed by atoms with van der Waals surface area (Å²) in [5.41, 5.74) is 1.16. The number of anilines is 1. The largest absolute Gasteiger partial charge is 0.453 e. The van der Waals surface area contributed by atoms with Gasteiger partial charge in [0, 0.05) is 0 Å². The van der Waals surface area contributed by atoms with Gasteiger partial charge in [0.25, 0.3) is 5.82 Å². The summed E-state index contributed by atoms with van der Waals surface area (Å²) in [5, 5.41) is 13.4. The number of aromatic nitrogens is 4. The lowest BCUT2D eigenvalue weighted by molar-refractivity contribution is -0.146. The van der Waals surface area contributed by atoms with E-state index < -0.39 is 12.0 Å². The monoisotopic (exact) mass is 339 g/mol. The zero-order chi connectivity index (χ0) is 17.5. The molecule has 0 amide bonds. The van der Waals surface area contributed by atoms with Gasteiger partial charge in [-0.25, -0.2) is 4.39 Å². The molecule has 24 heavy (non-hydrogen) atoms. The van der Waals surface area contributed by atoms with E-state index in [9.17, 15) is 17.6 Å². The Bertz CT molecular complexity index is 887. The third-order valence-electron chi connectivity index (χ3n) is 3.58. The van der Waals surface area contributed by atoms with E-state index in [4.69, 9.17) is 0 Å². The van der Waals surface area contributed by atoms with Gasteiger partial charge in [0.05, 0.1) is 6.04 Å². The van der Waals surface area contributed by atoms with Gasteiger partial charge in [0.1, 0.15) is 11.6 Å². The van der Waals surface area contributed by atoms with E-state index in [2.05, 4.69) is 20.6 Å². The predicted octanol–water partition coefficient (Wildman–Crippen LogP) is 3.76. The molecule has 0 radical (unpaired) electrons. The van der Waals surface area contributed by atoms with Crippen LogP contribution in [-0.2, 0) is 6.18 Å². The maximum Gasteiger partial charge on any atom is 0.453 e. The number of nitrogens with one attached hydrogen (secondary N) is 1. The molecule has 1 N–H and O–H groups in total. The van der Waals surface area contributed by atoms with E-state index in [0.717, 1.165) is 0 Å². The summed E-state index contributed by atoms with van der Waals surface area (Å²) in [6.45, 7) is 3.41. The fraction of sp³-hybridized carbons (Fsp3) is 0.267. The molecule has 0 aliphatic heterocycles. The third kappa shape index (κ3) is 3.01. The summed E-state index contributed by atoms with van der Waals surface area (Å²) in [7, 11) is 0. The van der Waals surface area contributed by atoms with E-state index >= 15 is 0 Å². The van der Waals surface area contributed by atoms with E-state index in [0.29, 0.717) is 15.6 Å². The molecular formula is C15H13F4N5. The molecule has 2 aromatic heterocycles. The van der Waals surface area contributed by atoms with Gasteiger partial charge >= 0.3 is 6.18 Å². The molecule has 5 nitrogen and oxygen atoms in total. The highest BCUT2D eigenvalue weighted by Crippen LogP contribution is 2.28. The van der Waals surface area contributed by atoms with Crippen LogP contribution >= 0.6 is 0 Å². The van der Waals surface area contributed by atoms with Gasteiger partial charge in [-0.3, -0.25) is 0 Å². The molecule has 0 aliphatic carbocycles. The fourth-order valence-corrected chi connectivity index (χ4v) is 2.23. The Hall–Kier alpha value is -2.71. The van der Waals surface area contributed by atoms with Crippen molar-refractivity contribution in [1.29, 1.82) is 0 Å². The van der Waals surface area contributed by atoms with Crippen LogP contribution in [0.1, 0.15) is 29.9 Å². The van der Waals surface area contributed by atoms with Crippen molar-refractivity contribution >= 4 is 11.5 Å². The Morgan fingerprint density at radius 1 is 1.12 bits per heavy atom. The lowest BCUT2D eigenvalue weighted by atomic mass is 10.1. The smallest absolute Gasteiger partial charge is 0.362 e. The summed E-state index contributed by atoms with van der Waals surface area (Å²) in [6.07, 6.45) is -4.66. The van der Waals surface area contributed by atoms with Crippen molar-refractivity contribution in [3.05, 3.63) is 53.1 Å². The van der Waals surface area contributed by atoms with E-state index in [1.807, 2.05) is 0 Å². The van der Waals surface area contributed by atoms with Crippen molar-refractivity contribution < 1.29 is 17.6 Å². The Balaban J connectivity index is 1.90. The van der Waals surface area contributed by atoms with Crippen molar-refractivity contribution in [2.45, 2.75) is 26.1 Å². The first-order valence-electron chi connectivity index (χ1n) is 7.08. The zero-order valence-corrected chi connectivity index (χ0v) is 12.8. The second-order valence-corrected chi connectivity index (χ2v) is 5.38. The molecule has 0 spiro atoms. The molecule has 0 bridgehead atoms. The molecule has 2 heterocycles. The molecule has 9 heteroatoms. The molecule has 0 saturated carbocycles. The first-order chi connectivity index (χ1) is 11.3. The van der Waals surface area contributed by atoms with Crippen molar-refractivity contribution in [2.24, 2.45) is 0 Å². The molecule has 0 aliphatic rings. The lowest BCUT2D eigenvalue weighted by Crippen LogP contribution is -2.14. The highest BCUT2D eigenvalue weighted by molar-refractivity contribution is 5.45. The van der Waals surface area contributed by atoms with Crippen LogP contribution in [0.2, 0.25) is 0 Å². The minimum Gasteiger partial charge on any atom is -0.362 e. The fourth-order valence-electron chi connectivity index (χ4n) is 2.23. The molecule has 3 aromatic rings.